The molecule has 0 aromatic heterocycles. The third kappa shape index (κ3) is 2.63. The van der Waals surface area contributed by atoms with Gasteiger partial charge in [0.2, 0.25) is 0 Å². The minimum Gasteiger partial charge on any atom is -0.399 e. The van der Waals surface area contributed by atoms with Crippen LogP contribution in [0.15, 0.2) is 41.3 Å². The van der Waals surface area contributed by atoms with Crippen molar-refractivity contribution in [1.82, 2.24) is 0 Å². The van der Waals surface area contributed by atoms with Crippen LogP contribution in [0.1, 0.15) is 21.5 Å². The maximum atomic E-state index is 12.8. The van der Waals surface area contributed by atoms with E-state index in [9.17, 15) is 4.79 Å². The predicted octanol–water partition coefficient (Wildman–Crippen LogP) is 3.64. The Morgan fingerprint density at radius 1 is 1.14 bits per heavy atom. The van der Waals surface area contributed by atoms with E-state index in [0.29, 0.717) is 12.2 Å². The molecule has 4 heteroatoms. The Kier molecular flexibility index (Phi) is 3.64. The molecule has 0 fully saturated rings. The molecule has 0 aliphatic carbocycles. The first-order chi connectivity index (χ1) is 10.1. The standard InChI is InChI=1S/C17H18N2OS/c1-11-3-4-13(9-12(11)2)17(20)19-7-8-21-16-6-5-14(18)10-15(16)19/h3-6,9-10H,7-8,18H2,1-2H3. The Balaban J connectivity index is 1.99. The van der Waals surface area contributed by atoms with Gasteiger partial charge in [-0.3, -0.25) is 4.79 Å². The van der Waals surface area contributed by atoms with Crippen molar-refractivity contribution in [2.75, 3.05) is 22.9 Å². The monoisotopic (exact) mass is 298 g/mol. The maximum Gasteiger partial charge on any atom is 0.258 e. The number of carbonyl (C=O) groups is 1. The van der Waals surface area contributed by atoms with Crippen LogP contribution in [-0.2, 0) is 0 Å². The summed E-state index contributed by atoms with van der Waals surface area (Å²) in [6.45, 7) is 4.80. The Morgan fingerprint density at radius 3 is 2.71 bits per heavy atom. The summed E-state index contributed by atoms with van der Waals surface area (Å²) >= 11 is 1.77. The van der Waals surface area contributed by atoms with Crippen LogP contribution in [0.3, 0.4) is 0 Å². The molecule has 21 heavy (non-hydrogen) atoms. The van der Waals surface area contributed by atoms with Crippen molar-refractivity contribution < 1.29 is 4.79 Å². The van der Waals surface area contributed by atoms with Crippen LogP contribution in [0.2, 0.25) is 0 Å². The van der Waals surface area contributed by atoms with Gasteiger partial charge in [0.05, 0.1) is 5.69 Å². The second kappa shape index (κ2) is 5.45. The number of nitrogens with two attached hydrogens (primary N) is 1. The highest BCUT2D eigenvalue weighted by Gasteiger charge is 2.24. The van der Waals surface area contributed by atoms with Crippen LogP contribution < -0.4 is 10.6 Å². The van der Waals surface area contributed by atoms with E-state index >= 15 is 0 Å². The number of hydrogen-bond acceptors (Lipinski definition) is 3. The molecular weight excluding hydrogens is 280 g/mol. The summed E-state index contributed by atoms with van der Waals surface area (Å²) in [6, 6.07) is 11.6. The molecule has 0 spiro atoms. The predicted molar refractivity (Wildman–Crippen MR) is 89.2 cm³/mol. The summed E-state index contributed by atoms with van der Waals surface area (Å²) in [4.78, 5) is 15.8. The molecule has 0 radical (unpaired) electrons. The van der Waals surface area contributed by atoms with Crippen molar-refractivity contribution in [3.05, 3.63) is 53.1 Å². The quantitative estimate of drug-likeness (QED) is 0.818. The second-order valence-electron chi connectivity index (χ2n) is 5.33. The Hall–Kier alpha value is -1.94. The molecular formula is C17H18N2OS. The number of carbonyl (C=O) groups excluding carboxylic acids is 1. The van der Waals surface area contributed by atoms with Gasteiger partial charge in [0.15, 0.2) is 0 Å². The smallest absolute Gasteiger partial charge is 0.258 e. The molecule has 2 N–H and O–H groups in total. The highest BCUT2D eigenvalue weighted by molar-refractivity contribution is 7.99. The number of rotatable bonds is 1. The molecule has 0 saturated heterocycles. The average Bonchev–Trinajstić information content (AvgIpc) is 2.48. The molecule has 2 aromatic carbocycles. The van der Waals surface area contributed by atoms with E-state index in [1.165, 1.54) is 5.56 Å². The number of hydrogen-bond donors (Lipinski definition) is 1. The van der Waals surface area contributed by atoms with Gasteiger partial charge >= 0.3 is 0 Å². The molecule has 1 heterocycles. The summed E-state index contributed by atoms with van der Waals surface area (Å²) in [5.74, 6) is 0.957. The molecule has 1 aliphatic rings. The lowest BCUT2D eigenvalue weighted by atomic mass is 10.1. The third-order valence-electron chi connectivity index (χ3n) is 3.85. The normalized spacial score (nSPS) is 13.9. The van der Waals surface area contributed by atoms with Crippen molar-refractivity contribution in [2.24, 2.45) is 0 Å². The lowest BCUT2D eigenvalue weighted by molar-refractivity contribution is 0.0987. The van der Waals surface area contributed by atoms with Gasteiger partial charge in [0.1, 0.15) is 0 Å². The van der Waals surface area contributed by atoms with Crippen molar-refractivity contribution in [2.45, 2.75) is 18.7 Å². The minimum atomic E-state index is 0.0465. The fourth-order valence-corrected chi connectivity index (χ4v) is 3.45. The Bertz CT molecular complexity index is 712. The van der Waals surface area contributed by atoms with Gasteiger partial charge in [-0.05, 0) is 55.3 Å². The fourth-order valence-electron chi connectivity index (χ4n) is 2.48. The van der Waals surface area contributed by atoms with Gasteiger partial charge in [-0.1, -0.05) is 6.07 Å². The lowest BCUT2D eigenvalue weighted by Gasteiger charge is -2.29. The Labute approximate surface area is 129 Å². The van der Waals surface area contributed by atoms with Crippen LogP contribution in [-0.4, -0.2) is 18.2 Å². The molecule has 2 aromatic rings. The zero-order chi connectivity index (χ0) is 15.0. The fraction of sp³-hybridized carbons (Fsp3) is 0.235. The maximum absolute atomic E-state index is 12.8. The van der Waals surface area contributed by atoms with Crippen LogP contribution in [0.4, 0.5) is 11.4 Å². The number of thioether (sulfide) groups is 1. The molecule has 3 nitrogen and oxygen atoms in total. The molecule has 1 aliphatic heterocycles. The summed E-state index contributed by atoms with van der Waals surface area (Å²) in [5, 5.41) is 0. The minimum absolute atomic E-state index is 0.0465. The molecule has 0 unspecified atom stereocenters. The van der Waals surface area contributed by atoms with Gasteiger partial charge < -0.3 is 10.6 Å². The van der Waals surface area contributed by atoms with E-state index < -0.39 is 0 Å². The van der Waals surface area contributed by atoms with Gasteiger partial charge in [-0.2, -0.15) is 0 Å². The largest absolute Gasteiger partial charge is 0.399 e. The van der Waals surface area contributed by atoms with Crippen LogP contribution >= 0.6 is 11.8 Å². The van der Waals surface area contributed by atoms with Crippen molar-refractivity contribution >= 4 is 29.0 Å². The molecule has 0 atom stereocenters. The van der Waals surface area contributed by atoms with Gasteiger partial charge in [0.25, 0.3) is 5.91 Å². The number of fused-ring (bicyclic) bond motifs is 1. The van der Waals surface area contributed by atoms with Crippen LogP contribution in [0.5, 0.6) is 0 Å². The summed E-state index contributed by atoms with van der Waals surface area (Å²) in [7, 11) is 0. The third-order valence-corrected chi connectivity index (χ3v) is 4.89. The molecule has 0 bridgehead atoms. The van der Waals surface area contributed by atoms with E-state index in [-0.39, 0.29) is 5.91 Å². The number of anilines is 2. The second-order valence-corrected chi connectivity index (χ2v) is 6.47. The average molecular weight is 298 g/mol. The van der Waals surface area contributed by atoms with Crippen molar-refractivity contribution in [3.8, 4) is 0 Å². The van der Waals surface area contributed by atoms with Gasteiger partial charge in [0, 0.05) is 28.4 Å². The Morgan fingerprint density at radius 2 is 1.95 bits per heavy atom. The molecule has 3 rings (SSSR count). The van der Waals surface area contributed by atoms with Crippen LogP contribution in [0, 0.1) is 13.8 Å². The first kappa shape index (κ1) is 14.0. The highest BCUT2D eigenvalue weighted by atomic mass is 32.2. The summed E-state index contributed by atoms with van der Waals surface area (Å²) in [6.07, 6.45) is 0. The summed E-state index contributed by atoms with van der Waals surface area (Å²) in [5.41, 5.74) is 10.6. The lowest BCUT2D eigenvalue weighted by Crippen LogP contribution is -2.35. The number of nitrogens with zero attached hydrogens (tertiary/aromatic N) is 1. The summed E-state index contributed by atoms with van der Waals surface area (Å²) < 4.78 is 0. The van der Waals surface area contributed by atoms with Crippen LogP contribution in [0.25, 0.3) is 0 Å². The van der Waals surface area contributed by atoms with Crippen molar-refractivity contribution in [3.63, 3.8) is 0 Å². The molecule has 1 amide bonds. The van der Waals surface area contributed by atoms with E-state index in [2.05, 4.69) is 6.92 Å². The first-order valence-electron chi connectivity index (χ1n) is 6.98. The van der Waals surface area contributed by atoms with E-state index in [1.807, 2.05) is 48.2 Å². The van der Waals surface area contributed by atoms with Gasteiger partial charge in [-0.25, -0.2) is 0 Å². The number of amides is 1. The van der Waals surface area contributed by atoms with E-state index in [0.717, 1.165) is 27.5 Å². The number of aryl methyl sites for hydroxylation is 2. The zero-order valence-electron chi connectivity index (χ0n) is 12.2. The number of benzene rings is 2. The van der Waals surface area contributed by atoms with E-state index in [4.69, 9.17) is 5.73 Å². The van der Waals surface area contributed by atoms with Gasteiger partial charge in [-0.15, -0.1) is 11.8 Å². The SMILES string of the molecule is Cc1ccc(C(=O)N2CCSc3ccc(N)cc32)cc1C. The molecule has 0 saturated carbocycles. The van der Waals surface area contributed by atoms with Crippen molar-refractivity contribution in [1.29, 1.82) is 0 Å². The first-order valence-corrected chi connectivity index (χ1v) is 7.96. The zero-order valence-corrected chi connectivity index (χ0v) is 13.0. The molecule has 108 valence electrons. The van der Waals surface area contributed by atoms with E-state index in [1.54, 1.807) is 11.8 Å². The topological polar surface area (TPSA) is 46.3 Å². The number of nitrogen functional groups attached to an aromatic ring is 1. The highest BCUT2D eigenvalue weighted by Crippen LogP contribution is 2.36.